The van der Waals surface area contributed by atoms with E-state index in [9.17, 15) is 4.79 Å². The molecule has 1 aromatic carbocycles. The maximum absolute atomic E-state index is 12.2. The number of ether oxygens (including phenoxy) is 1. The van der Waals surface area contributed by atoms with Crippen molar-refractivity contribution in [1.82, 2.24) is 0 Å². The number of rotatable bonds is 1. The van der Waals surface area contributed by atoms with E-state index < -0.39 is 5.41 Å². The van der Waals surface area contributed by atoms with E-state index in [0.717, 1.165) is 24.8 Å². The molecule has 0 radical (unpaired) electrons. The Bertz CT molecular complexity index is 501. The molecule has 2 nitrogen and oxygen atoms in total. The summed E-state index contributed by atoms with van der Waals surface area (Å²) in [5.74, 6) is 0.196. The summed E-state index contributed by atoms with van der Waals surface area (Å²) < 4.78 is 5.31. The number of fused-ring (bicyclic) bond motifs is 1. The topological polar surface area (TPSA) is 26.3 Å². The number of benzene rings is 1. The second-order valence-corrected chi connectivity index (χ2v) is 5.96. The van der Waals surface area contributed by atoms with Gasteiger partial charge in [0, 0.05) is 5.92 Å². The van der Waals surface area contributed by atoms with Crippen molar-refractivity contribution in [3.63, 3.8) is 0 Å². The number of carbonyl (C=O) groups is 1. The molecule has 96 valence electrons. The number of hydrogen-bond acceptors (Lipinski definition) is 2. The average Bonchev–Trinajstić information content (AvgIpc) is 2.72. The molecule has 1 aliphatic heterocycles. The van der Waals surface area contributed by atoms with E-state index in [0.29, 0.717) is 16.7 Å². The molecule has 0 bridgehead atoms. The lowest BCUT2D eigenvalue weighted by Gasteiger charge is -2.35. The molecule has 2 aliphatic rings. The molecule has 0 amide bonds. The molecule has 1 saturated carbocycles. The summed E-state index contributed by atoms with van der Waals surface area (Å²) in [6.45, 7) is 0.541. The van der Waals surface area contributed by atoms with E-state index in [1.165, 1.54) is 6.42 Å². The highest BCUT2D eigenvalue weighted by atomic mass is 35.5. The molecule has 1 aliphatic carbocycles. The predicted octanol–water partition coefficient (Wildman–Crippen LogP) is 3.98. The number of hydrogen-bond donors (Lipinski definition) is 0. The van der Waals surface area contributed by atoms with Crippen molar-refractivity contribution in [2.45, 2.75) is 31.1 Å². The van der Waals surface area contributed by atoms with Gasteiger partial charge in [-0.15, -0.1) is 0 Å². The minimum Gasteiger partial charge on any atom is -0.465 e. The van der Waals surface area contributed by atoms with Gasteiger partial charge in [-0.2, -0.15) is 0 Å². The monoisotopic (exact) mass is 284 g/mol. The highest BCUT2D eigenvalue weighted by Crippen LogP contribution is 2.49. The van der Waals surface area contributed by atoms with Gasteiger partial charge >= 0.3 is 5.97 Å². The molecule has 1 heterocycles. The second-order valence-electron chi connectivity index (χ2n) is 5.14. The maximum Gasteiger partial charge on any atom is 0.316 e. The summed E-state index contributed by atoms with van der Waals surface area (Å²) >= 11 is 12.0. The molecule has 0 spiro atoms. The van der Waals surface area contributed by atoms with Gasteiger partial charge in [0.2, 0.25) is 0 Å². The Hall–Kier alpha value is -0.730. The smallest absolute Gasteiger partial charge is 0.316 e. The average molecular weight is 285 g/mol. The van der Waals surface area contributed by atoms with Crippen LogP contribution in [-0.2, 0) is 14.9 Å². The van der Waals surface area contributed by atoms with Gasteiger partial charge in [0.15, 0.2) is 0 Å². The van der Waals surface area contributed by atoms with Gasteiger partial charge in [0.05, 0.1) is 22.1 Å². The van der Waals surface area contributed by atoms with E-state index in [1.54, 1.807) is 6.07 Å². The van der Waals surface area contributed by atoms with Gasteiger partial charge in [-0.3, -0.25) is 4.79 Å². The Morgan fingerprint density at radius 3 is 2.83 bits per heavy atom. The quantitative estimate of drug-likeness (QED) is 0.729. The standard InChI is InChI=1S/C14H14Cl2O2/c15-11-5-4-9(7-12(11)16)14-6-2-1-3-10(14)8-18-13(14)17/h4-5,7,10H,1-3,6,8H2/t10-,14?/m0/s1. The zero-order valence-corrected chi connectivity index (χ0v) is 11.4. The van der Waals surface area contributed by atoms with Crippen LogP contribution in [0.15, 0.2) is 18.2 Å². The lowest BCUT2D eigenvalue weighted by Crippen LogP contribution is -2.40. The first-order valence-corrected chi connectivity index (χ1v) is 7.03. The van der Waals surface area contributed by atoms with Crippen molar-refractivity contribution in [2.75, 3.05) is 6.61 Å². The fourth-order valence-corrected chi connectivity index (χ4v) is 3.61. The van der Waals surface area contributed by atoms with Crippen LogP contribution in [0, 0.1) is 5.92 Å². The van der Waals surface area contributed by atoms with E-state index in [4.69, 9.17) is 27.9 Å². The van der Waals surface area contributed by atoms with Crippen LogP contribution in [0.1, 0.15) is 31.2 Å². The van der Waals surface area contributed by atoms with Gasteiger partial charge in [-0.05, 0) is 30.5 Å². The van der Waals surface area contributed by atoms with Crippen LogP contribution >= 0.6 is 23.2 Å². The summed E-state index contributed by atoms with van der Waals surface area (Å²) in [6, 6.07) is 5.51. The highest BCUT2D eigenvalue weighted by Gasteiger charge is 2.54. The fraction of sp³-hybridized carbons (Fsp3) is 0.500. The van der Waals surface area contributed by atoms with Gasteiger partial charge < -0.3 is 4.74 Å². The lowest BCUT2D eigenvalue weighted by molar-refractivity contribution is -0.143. The summed E-state index contributed by atoms with van der Waals surface area (Å²) in [5.41, 5.74) is 0.482. The Balaban J connectivity index is 2.10. The number of carbonyl (C=O) groups excluding carboxylic acids is 1. The lowest BCUT2D eigenvalue weighted by atomic mass is 9.64. The minimum atomic E-state index is -0.480. The van der Waals surface area contributed by atoms with E-state index >= 15 is 0 Å². The Kier molecular flexibility index (Phi) is 3.03. The van der Waals surface area contributed by atoms with Gasteiger partial charge in [0.1, 0.15) is 0 Å². The van der Waals surface area contributed by atoms with Crippen LogP contribution in [0.25, 0.3) is 0 Å². The highest BCUT2D eigenvalue weighted by molar-refractivity contribution is 6.42. The van der Waals surface area contributed by atoms with Gasteiger partial charge in [-0.25, -0.2) is 0 Å². The normalized spacial score (nSPS) is 31.0. The fourth-order valence-electron chi connectivity index (χ4n) is 3.32. The molecule has 1 unspecified atom stereocenters. The zero-order chi connectivity index (χ0) is 12.8. The van der Waals surface area contributed by atoms with E-state index in [1.807, 2.05) is 12.1 Å². The maximum atomic E-state index is 12.2. The molecule has 1 saturated heterocycles. The van der Waals surface area contributed by atoms with E-state index in [2.05, 4.69) is 0 Å². The largest absolute Gasteiger partial charge is 0.465 e. The van der Waals surface area contributed by atoms with Crippen molar-refractivity contribution in [3.8, 4) is 0 Å². The van der Waals surface area contributed by atoms with Crippen LogP contribution in [0.3, 0.4) is 0 Å². The molecular weight excluding hydrogens is 271 g/mol. The molecule has 4 heteroatoms. The van der Waals surface area contributed by atoms with Crippen molar-refractivity contribution in [1.29, 1.82) is 0 Å². The summed E-state index contributed by atoms with van der Waals surface area (Å²) in [6.07, 6.45) is 4.14. The van der Waals surface area contributed by atoms with Crippen LogP contribution in [0.4, 0.5) is 0 Å². The van der Waals surface area contributed by atoms with Crippen LogP contribution < -0.4 is 0 Å². The van der Waals surface area contributed by atoms with Crippen LogP contribution in [0.5, 0.6) is 0 Å². The molecule has 18 heavy (non-hydrogen) atoms. The minimum absolute atomic E-state index is 0.0920. The second kappa shape index (κ2) is 4.43. The number of cyclic esters (lactones) is 1. The third kappa shape index (κ3) is 1.66. The summed E-state index contributed by atoms with van der Waals surface area (Å²) in [7, 11) is 0. The predicted molar refractivity (Wildman–Crippen MR) is 71.1 cm³/mol. The van der Waals surface area contributed by atoms with Crippen molar-refractivity contribution in [2.24, 2.45) is 5.92 Å². The third-order valence-electron chi connectivity index (χ3n) is 4.29. The molecular formula is C14H14Cl2O2. The van der Waals surface area contributed by atoms with Gasteiger partial charge in [0.25, 0.3) is 0 Å². The Labute approximate surface area is 116 Å². The molecule has 2 atom stereocenters. The zero-order valence-electron chi connectivity index (χ0n) is 9.92. The summed E-state index contributed by atoms with van der Waals surface area (Å²) in [5, 5.41) is 1.03. The Morgan fingerprint density at radius 1 is 1.22 bits per heavy atom. The summed E-state index contributed by atoms with van der Waals surface area (Å²) in [4.78, 5) is 12.2. The van der Waals surface area contributed by atoms with Crippen molar-refractivity contribution in [3.05, 3.63) is 33.8 Å². The van der Waals surface area contributed by atoms with Crippen molar-refractivity contribution >= 4 is 29.2 Å². The molecule has 0 N–H and O–H groups in total. The van der Waals surface area contributed by atoms with Crippen LogP contribution in [-0.4, -0.2) is 12.6 Å². The number of esters is 1. The third-order valence-corrected chi connectivity index (χ3v) is 5.02. The van der Waals surface area contributed by atoms with Crippen LogP contribution in [0.2, 0.25) is 10.0 Å². The molecule has 0 aromatic heterocycles. The first-order valence-electron chi connectivity index (χ1n) is 6.27. The molecule has 3 rings (SSSR count). The first-order chi connectivity index (χ1) is 8.64. The number of halogens is 2. The van der Waals surface area contributed by atoms with E-state index in [-0.39, 0.29) is 11.9 Å². The Morgan fingerprint density at radius 2 is 2.06 bits per heavy atom. The van der Waals surface area contributed by atoms with Crippen molar-refractivity contribution < 1.29 is 9.53 Å². The SMILES string of the molecule is O=C1OC[C@@H]2CCCCC12c1ccc(Cl)c(Cl)c1. The van der Waals surface area contributed by atoms with Gasteiger partial charge in [-0.1, -0.05) is 42.1 Å². The molecule has 2 fully saturated rings. The first kappa shape index (κ1) is 12.3. The molecule has 1 aromatic rings.